The van der Waals surface area contributed by atoms with Crippen molar-refractivity contribution in [1.82, 2.24) is 0 Å². The van der Waals surface area contributed by atoms with Crippen LogP contribution in [0.2, 0.25) is 0 Å². The number of hydrogen-bond donors (Lipinski definition) is 2. The number of aliphatic carboxylic acids is 1. The minimum atomic E-state index is -5.08. The first-order valence-electron chi connectivity index (χ1n) is 9.60. The predicted molar refractivity (Wildman–Crippen MR) is 109 cm³/mol. The second-order valence-corrected chi connectivity index (χ2v) is 6.96. The predicted octanol–water partition coefficient (Wildman–Crippen LogP) is 4.51. The number of carbonyl (C=O) groups is 2. The smallest absolute Gasteiger partial charge is 0.490 e. The maximum atomic E-state index is 13.0. The molecule has 2 aromatic rings. The van der Waals surface area contributed by atoms with E-state index >= 15 is 0 Å². The van der Waals surface area contributed by atoms with Crippen molar-refractivity contribution in [2.24, 2.45) is 0 Å². The highest BCUT2D eigenvalue weighted by Crippen LogP contribution is 2.36. The lowest BCUT2D eigenvalue weighted by atomic mass is 10.0. The molecule has 9 heteroatoms. The molecule has 0 saturated carbocycles. The Morgan fingerprint density at radius 3 is 2.32 bits per heavy atom. The number of fused-ring (bicyclic) bond motifs is 1. The Morgan fingerprint density at radius 1 is 1.06 bits per heavy atom. The van der Waals surface area contributed by atoms with Gasteiger partial charge in [0.2, 0.25) is 0 Å². The first-order valence-corrected chi connectivity index (χ1v) is 9.60. The Kier molecular flexibility index (Phi) is 6.84. The van der Waals surface area contributed by atoms with Gasteiger partial charge in [-0.15, -0.1) is 0 Å². The van der Waals surface area contributed by atoms with Crippen LogP contribution in [0.15, 0.2) is 66.4 Å². The van der Waals surface area contributed by atoms with Crippen molar-refractivity contribution in [3.63, 3.8) is 0 Å². The molecule has 0 saturated heterocycles. The van der Waals surface area contributed by atoms with Gasteiger partial charge in [0.1, 0.15) is 0 Å². The van der Waals surface area contributed by atoms with Crippen molar-refractivity contribution < 1.29 is 32.6 Å². The fourth-order valence-corrected chi connectivity index (χ4v) is 3.31. The zero-order chi connectivity index (χ0) is 22.4. The summed E-state index contributed by atoms with van der Waals surface area (Å²) in [5, 5.41) is 10.7. The number of alkyl halides is 3. The second-order valence-electron chi connectivity index (χ2n) is 6.96. The number of carboxylic acids is 1. The molecule has 0 spiro atoms. The van der Waals surface area contributed by atoms with Crippen molar-refractivity contribution in [1.29, 1.82) is 0 Å². The molecule has 164 valence electrons. The van der Waals surface area contributed by atoms with Crippen LogP contribution in [0.3, 0.4) is 0 Å². The van der Waals surface area contributed by atoms with Gasteiger partial charge in [-0.2, -0.15) is 13.2 Å². The summed E-state index contributed by atoms with van der Waals surface area (Å²) in [7, 11) is 0. The number of carbonyl (C=O) groups excluding carboxylic acids is 1. The number of hydrogen-bond acceptors (Lipinski definition) is 4. The molecule has 4 rings (SSSR count). The van der Waals surface area contributed by atoms with Gasteiger partial charge < -0.3 is 20.1 Å². The molecular formula is C22H21F3N2O4. The number of nitrogens with one attached hydrogen (secondary N) is 1. The fourth-order valence-electron chi connectivity index (χ4n) is 3.31. The Morgan fingerprint density at radius 2 is 1.71 bits per heavy atom. The summed E-state index contributed by atoms with van der Waals surface area (Å²) in [6.07, 6.45) is -1.78. The molecule has 2 aliphatic rings. The topological polar surface area (TPSA) is 78.9 Å². The average molecular weight is 434 g/mol. The Labute approximate surface area is 176 Å². The van der Waals surface area contributed by atoms with Crippen molar-refractivity contribution in [2.45, 2.75) is 25.1 Å². The van der Waals surface area contributed by atoms with Crippen molar-refractivity contribution in [2.75, 3.05) is 23.4 Å². The molecular weight excluding hydrogens is 413 g/mol. The minimum absolute atomic E-state index is 0.0459. The van der Waals surface area contributed by atoms with E-state index in [-0.39, 0.29) is 11.9 Å². The third-order valence-corrected chi connectivity index (χ3v) is 4.79. The van der Waals surface area contributed by atoms with E-state index in [0.717, 1.165) is 29.8 Å². The van der Waals surface area contributed by atoms with E-state index in [4.69, 9.17) is 14.6 Å². The molecule has 1 atom stereocenters. The van der Waals surface area contributed by atoms with Gasteiger partial charge in [-0.25, -0.2) is 4.79 Å². The van der Waals surface area contributed by atoms with Crippen molar-refractivity contribution >= 4 is 23.3 Å². The largest absolute Gasteiger partial charge is 0.501 e. The molecule has 1 amide bonds. The van der Waals surface area contributed by atoms with Crippen LogP contribution in [0.1, 0.15) is 24.4 Å². The van der Waals surface area contributed by atoms with Crippen LogP contribution in [0.4, 0.5) is 24.5 Å². The summed E-state index contributed by atoms with van der Waals surface area (Å²) in [5.74, 6) is -2.71. The highest BCUT2D eigenvalue weighted by atomic mass is 19.4. The van der Waals surface area contributed by atoms with Crippen LogP contribution in [-0.2, 0) is 14.3 Å². The first kappa shape index (κ1) is 22.2. The molecule has 2 aromatic carbocycles. The van der Waals surface area contributed by atoms with Crippen molar-refractivity contribution in [3.05, 3.63) is 72.0 Å². The lowest BCUT2D eigenvalue weighted by Crippen LogP contribution is -2.41. The van der Waals surface area contributed by atoms with Gasteiger partial charge in [0.25, 0.3) is 5.91 Å². The van der Waals surface area contributed by atoms with Gasteiger partial charge >= 0.3 is 12.1 Å². The SMILES string of the molecule is O=C(C1=COCCC1)N1CC(c2ccccc2)Nc2ccccc21.O=C(O)C(F)(F)F. The lowest BCUT2D eigenvalue weighted by Gasteiger charge is -2.36. The van der Waals surface area contributed by atoms with Gasteiger partial charge in [0, 0.05) is 0 Å². The molecule has 0 aromatic heterocycles. The van der Waals surface area contributed by atoms with Crippen molar-refractivity contribution in [3.8, 4) is 0 Å². The molecule has 0 radical (unpaired) electrons. The number of para-hydroxylation sites is 2. The zero-order valence-electron chi connectivity index (χ0n) is 16.4. The minimum Gasteiger partial charge on any atom is -0.501 e. The molecule has 0 fully saturated rings. The van der Waals surface area contributed by atoms with Crippen LogP contribution < -0.4 is 10.2 Å². The molecule has 6 nitrogen and oxygen atoms in total. The summed E-state index contributed by atoms with van der Waals surface area (Å²) in [6.45, 7) is 1.30. The van der Waals surface area contributed by atoms with Gasteiger partial charge in [-0.3, -0.25) is 4.79 Å². The number of halogens is 3. The number of rotatable bonds is 2. The van der Waals surface area contributed by atoms with Gasteiger partial charge in [-0.1, -0.05) is 42.5 Å². The Balaban J connectivity index is 0.000000339. The van der Waals surface area contributed by atoms with Gasteiger partial charge in [0.05, 0.1) is 42.4 Å². The van der Waals surface area contributed by atoms with Gasteiger partial charge in [-0.05, 0) is 30.5 Å². The van der Waals surface area contributed by atoms with E-state index in [9.17, 15) is 18.0 Å². The molecule has 1 unspecified atom stereocenters. The highest BCUT2D eigenvalue weighted by molar-refractivity contribution is 6.07. The zero-order valence-corrected chi connectivity index (χ0v) is 16.4. The Bertz CT molecular complexity index is 961. The maximum absolute atomic E-state index is 13.0. The summed E-state index contributed by atoms with van der Waals surface area (Å²) >= 11 is 0. The summed E-state index contributed by atoms with van der Waals surface area (Å²) in [4.78, 5) is 23.8. The number of anilines is 2. The van der Waals surface area contributed by atoms with Crippen LogP contribution in [-0.4, -0.2) is 36.3 Å². The van der Waals surface area contributed by atoms with E-state index in [2.05, 4.69) is 17.4 Å². The number of benzene rings is 2. The second kappa shape index (κ2) is 9.55. The molecule has 2 N–H and O–H groups in total. The van der Waals surface area contributed by atoms with E-state index in [1.165, 1.54) is 5.56 Å². The Hall–Kier alpha value is -3.49. The normalized spacial score (nSPS) is 17.7. The first-order chi connectivity index (χ1) is 14.8. The quantitative estimate of drug-likeness (QED) is 0.727. The summed E-state index contributed by atoms with van der Waals surface area (Å²) < 4.78 is 37.1. The number of nitrogens with zero attached hydrogens (tertiary/aromatic N) is 1. The summed E-state index contributed by atoms with van der Waals surface area (Å²) in [5.41, 5.74) is 3.85. The van der Waals surface area contributed by atoms with E-state index < -0.39 is 12.1 Å². The van der Waals surface area contributed by atoms with Gasteiger partial charge in [0.15, 0.2) is 0 Å². The standard InChI is InChI=1S/C20H20N2O2.C2HF3O2/c23-20(16-9-6-12-24-14-16)22-13-18(15-7-2-1-3-8-15)21-17-10-4-5-11-19(17)22;3-2(4,5)1(6)7/h1-5,7-8,10-11,14,18,21H,6,9,12-13H2;(H,6,7). The van der Waals surface area contributed by atoms with Crippen LogP contribution in [0.25, 0.3) is 0 Å². The lowest BCUT2D eigenvalue weighted by molar-refractivity contribution is -0.192. The van der Waals surface area contributed by atoms with Crippen LogP contribution in [0.5, 0.6) is 0 Å². The molecule has 31 heavy (non-hydrogen) atoms. The molecule has 0 aliphatic carbocycles. The number of carboxylic acid groups (broad SMARTS) is 1. The number of amides is 1. The van der Waals surface area contributed by atoms with E-state index in [0.29, 0.717) is 13.2 Å². The molecule has 2 aliphatic heterocycles. The third kappa shape index (κ3) is 5.56. The summed E-state index contributed by atoms with van der Waals surface area (Å²) in [6, 6.07) is 18.3. The number of ether oxygens (including phenoxy) is 1. The molecule has 2 heterocycles. The monoisotopic (exact) mass is 434 g/mol. The van der Waals surface area contributed by atoms with Crippen LogP contribution >= 0.6 is 0 Å². The van der Waals surface area contributed by atoms with E-state index in [1.54, 1.807) is 6.26 Å². The fraction of sp³-hybridized carbons (Fsp3) is 0.273. The highest BCUT2D eigenvalue weighted by Gasteiger charge is 2.38. The third-order valence-electron chi connectivity index (χ3n) is 4.79. The maximum Gasteiger partial charge on any atom is 0.490 e. The van der Waals surface area contributed by atoms with E-state index in [1.807, 2.05) is 47.4 Å². The van der Waals surface area contributed by atoms with Crippen LogP contribution in [0, 0.1) is 0 Å². The molecule has 0 bridgehead atoms. The average Bonchev–Trinajstić information content (AvgIpc) is 2.79.